The van der Waals surface area contributed by atoms with Crippen molar-refractivity contribution in [1.82, 2.24) is 5.32 Å². The van der Waals surface area contributed by atoms with E-state index in [1.807, 2.05) is 0 Å². The molecule has 5 N–H and O–H groups in total. The molecule has 0 bridgehead atoms. The Morgan fingerprint density at radius 1 is 0.950 bits per heavy atom. The average molecular weight is 548 g/mol. The third kappa shape index (κ3) is 4.70. The van der Waals surface area contributed by atoms with Crippen molar-refractivity contribution in [2.75, 3.05) is 17.2 Å². The number of phenolic OH excluding ortho intramolecular Hbond substituents is 2. The van der Waals surface area contributed by atoms with Gasteiger partial charge in [-0.25, -0.2) is 0 Å². The number of fused-ring (bicyclic) bond motifs is 3. The quantitative estimate of drug-likeness (QED) is 0.198. The van der Waals surface area contributed by atoms with Crippen LogP contribution in [0.4, 0.5) is 11.4 Å². The summed E-state index contributed by atoms with van der Waals surface area (Å²) in [6.45, 7) is 7.15. The lowest BCUT2D eigenvalue weighted by molar-refractivity contribution is -0.123. The smallest absolute Gasteiger partial charge is 0.226 e. The molecule has 0 fully saturated rings. The summed E-state index contributed by atoms with van der Waals surface area (Å²) < 4.78 is 5.75. The molecule has 1 atom stereocenters. The molecular formula is C29H29N3O8. The zero-order valence-electron chi connectivity index (χ0n) is 22.6. The molecule has 208 valence electrons. The summed E-state index contributed by atoms with van der Waals surface area (Å²) in [5, 5.41) is 29.7. The Morgan fingerprint density at radius 2 is 1.55 bits per heavy atom. The van der Waals surface area contributed by atoms with Crippen molar-refractivity contribution in [3.8, 4) is 17.2 Å². The largest absolute Gasteiger partial charge is 0.507 e. The summed E-state index contributed by atoms with van der Waals surface area (Å²) in [6.07, 6.45) is 1.15. The van der Waals surface area contributed by atoms with Gasteiger partial charge in [0.25, 0.3) is 0 Å². The molecule has 1 aliphatic heterocycles. The Kier molecular flexibility index (Phi) is 7.25. The summed E-state index contributed by atoms with van der Waals surface area (Å²) in [5.74, 6) is -3.42. The molecule has 2 aliphatic rings. The van der Waals surface area contributed by atoms with Crippen LogP contribution in [0.3, 0.4) is 0 Å². The second kappa shape index (κ2) is 10.3. The van der Waals surface area contributed by atoms with Gasteiger partial charge in [-0.05, 0) is 52.0 Å². The van der Waals surface area contributed by atoms with E-state index in [0.29, 0.717) is 11.4 Å². The average Bonchev–Trinajstić information content (AvgIpc) is 3.16. The Morgan fingerprint density at radius 3 is 2.12 bits per heavy atom. The molecule has 0 saturated heterocycles. The van der Waals surface area contributed by atoms with Crippen molar-refractivity contribution < 1.29 is 38.9 Å². The lowest BCUT2D eigenvalue weighted by Gasteiger charge is -2.29. The Balaban J connectivity index is 1.53. The SMILES string of the molecule is CC(=O)Nc1ccc(NC(=O)CCN/C(C)=C2\C(=O)C=C3Oc4c(C(C)=O)c(O)c(C)c(O)c4[C@@]3(C)C2=O)cc1. The number of aromatic hydroxyl groups is 2. The molecule has 0 spiro atoms. The Bertz CT molecular complexity index is 1550. The van der Waals surface area contributed by atoms with Gasteiger partial charge in [0.1, 0.15) is 34.0 Å². The van der Waals surface area contributed by atoms with Crippen LogP contribution in [-0.4, -0.2) is 45.9 Å². The van der Waals surface area contributed by atoms with Crippen LogP contribution in [0.15, 0.2) is 47.4 Å². The maximum atomic E-state index is 13.8. The zero-order chi connectivity index (χ0) is 29.5. The predicted octanol–water partition coefficient (Wildman–Crippen LogP) is 3.15. The third-order valence-corrected chi connectivity index (χ3v) is 6.99. The van der Waals surface area contributed by atoms with Gasteiger partial charge in [-0.3, -0.25) is 24.0 Å². The van der Waals surface area contributed by atoms with E-state index in [2.05, 4.69) is 16.0 Å². The Hall–Kier alpha value is -4.93. The zero-order valence-corrected chi connectivity index (χ0v) is 22.6. The third-order valence-electron chi connectivity index (χ3n) is 6.99. The molecular weight excluding hydrogens is 518 g/mol. The number of carbonyl (C=O) groups is 5. The van der Waals surface area contributed by atoms with Gasteiger partial charge in [0.2, 0.25) is 11.8 Å². The summed E-state index contributed by atoms with van der Waals surface area (Å²) in [7, 11) is 0. The van der Waals surface area contributed by atoms with Gasteiger partial charge in [0.15, 0.2) is 17.3 Å². The van der Waals surface area contributed by atoms with E-state index < -0.39 is 34.3 Å². The van der Waals surface area contributed by atoms with Gasteiger partial charge < -0.3 is 30.9 Å². The number of benzene rings is 2. The molecule has 0 unspecified atom stereocenters. The van der Waals surface area contributed by atoms with Crippen molar-refractivity contribution in [3.05, 3.63) is 64.1 Å². The van der Waals surface area contributed by atoms with Crippen molar-refractivity contribution >= 4 is 40.5 Å². The highest BCUT2D eigenvalue weighted by Gasteiger charge is 2.56. The second-order valence-corrected chi connectivity index (χ2v) is 9.87. The minimum absolute atomic E-state index is 0.00551. The van der Waals surface area contributed by atoms with Crippen molar-refractivity contribution in [2.45, 2.75) is 46.5 Å². The molecule has 40 heavy (non-hydrogen) atoms. The summed E-state index contributed by atoms with van der Waals surface area (Å²) in [4.78, 5) is 62.6. The van der Waals surface area contributed by atoms with Crippen LogP contribution in [0.2, 0.25) is 0 Å². The van der Waals surface area contributed by atoms with E-state index >= 15 is 0 Å². The number of carbonyl (C=O) groups excluding carboxylic acids is 5. The minimum Gasteiger partial charge on any atom is -0.507 e. The van der Waals surface area contributed by atoms with Crippen molar-refractivity contribution in [3.63, 3.8) is 0 Å². The van der Waals surface area contributed by atoms with Gasteiger partial charge in [-0.15, -0.1) is 0 Å². The first-order valence-electron chi connectivity index (χ1n) is 12.5. The van der Waals surface area contributed by atoms with Crippen molar-refractivity contribution in [2.24, 2.45) is 0 Å². The topological polar surface area (TPSA) is 171 Å². The summed E-state index contributed by atoms with van der Waals surface area (Å²) >= 11 is 0. The standard InChI is InChI=1S/C29H29N3O8/c1-13-25(37)23(15(3)33)27-24(26(13)38)29(5)20(40-27)12-19(35)22(28(29)39)14(2)30-11-10-21(36)32-18-8-6-17(7-9-18)31-16(4)34/h6-9,12,30,37-38H,10-11H2,1-5H3,(H,31,34)(H,32,36)/b22-14+/t29-/m0/s1. The molecule has 1 aliphatic carbocycles. The van der Waals surface area contributed by atoms with E-state index in [1.165, 1.54) is 34.6 Å². The molecule has 0 radical (unpaired) electrons. The molecule has 11 heteroatoms. The molecule has 2 aromatic rings. The second-order valence-electron chi connectivity index (χ2n) is 9.87. The van der Waals surface area contributed by atoms with Crippen LogP contribution in [0, 0.1) is 6.92 Å². The van der Waals surface area contributed by atoms with Crippen molar-refractivity contribution in [1.29, 1.82) is 0 Å². The molecule has 1 heterocycles. The number of ether oxygens (including phenoxy) is 1. The number of rotatable bonds is 7. The van der Waals surface area contributed by atoms with Crippen LogP contribution in [0.1, 0.15) is 55.6 Å². The first-order chi connectivity index (χ1) is 18.8. The van der Waals surface area contributed by atoms with Crippen LogP contribution in [0.5, 0.6) is 17.2 Å². The van der Waals surface area contributed by atoms with Gasteiger partial charge in [-0.2, -0.15) is 0 Å². The van der Waals surface area contributed by atoms with Crippen LogP contribution < -0.4 is 20.7 Å². The first-order valence-corrected chi connectivity index (χ1v) is 12.5. The Labute approximate surface area is 229 Å². The van der Waals surface area contributed by atoms with E-state index in [4.69, 9.17) is 4.74 Å². The predicted molar refractivity (Wildman–Crippen MR) is 145 cm³/mol. The molecule has 4 rings (SSSR count). The monoisotopic (exact) mass is 547 g/mol. The maximum absolute atomic E-state index is 13.8. The lowest BCUT2D eigenvalue weighted by Crippen LogP contribution is -2.41. The van der Waals surface area contributed by atoms with Gasteiger partial charge >= 0.3 is 0 Å². The minimum atomic E-state index is -1.62. The normalized spacial score (nSPS) is 18.7. The molecule has 0 aromatic heterocycles. The number of ketones is 3. The number of hydrogen-bond donors (Lipinski definition) is 5. The number of allylic oxidation sites excluding steroid dienone is 4. The number of nitrogens with one attached hydrogen (secondary N) is 3. The fraction of sp³-hybridized carbons (Fsp3) is 0.276. The van der Waals surface area contributed by atoms with Gasteiger partial charge in [0.05, 0.1) is 11.1 Å². The number of Topliss-reactive ketones (excluding diaryl/α,β-unsaturated/α-hetero) is 2. The number of phenols is 2. The van der Waals surface area contributed by atoms with Crippen LogP contribution in [0.25, 0.3) is 0 Å². The highest BCUT2D eigenvalue weighted by molar-refractivity contribution is 6.31. The molecule has 11 nitrogen and oxygen atoms in total. The molecule has 2 aromatic carbocycles. The van der Waals surface area contributed by atoms with Gasteiger partial charge in [0, 0.05) is 48.6 Å². The number of hydrogen-bond acceptors (Lipinski definition) is 9. The summed E-state index contributed by atoms with van der Waals surface area (Å²) in [5.41, 5.74) is -0.603. The fourth-order valence-corrected chi connectivity index (χ4v) is 4.88. The van der Waals surface area contributed by atoms with Crippen LogP contribution in [-0.2, 0) is 24.6 Å². The molecule has 2 amide bonds. The van der Waals surface area contributed by atoms with E-state index in [9.17, 15) is 34.2 Å². The number of anilines is 2. The maximum Gasteiger partial charge on any atom is 0.226 e. The van der Waals surface area contributed by atoms with E-state index in [-0.39, 0.29) is 64.2 Å². The van der Waals surface area contributed by atoms with Crippen LogP contribution >= 0.6 is 0 Å². The first kappa shape index (κ1) is 28.1. The molecule has 0 saturated carbocycles. The lowest BCUT2D eigenvalue weighted by atomic mass is 9.70. The van der Waals surface area contributed by atoms with Gasteiger partial charge in [-0.1, -0.05) is 0 Å². The highest BCUT2D eigenvalue weighted by atomic mass is 16.5. The summed E-state index contributed by atoms with van der Waals surface area (Å²) in [6, 6.07) is 6.59. The van der Waals surface area contributed by atoms with E-state index in [1.54, 1.807) is 24.3 Å². The van der Waals surface area contributed by atoms with E-state index in [0.717, 1.165) is 6.08 Å². The number of amides is 2. The highest BCUT2D eigenvalue weighted by Crippen LogP contribution is 2.57. The fourth-order valence-electron chi connectivity index (χ4n) is 4.88.